The van der Waals surface area contributed by atoms with Gasteiger partial charge in [-0.15, -0.1) is 0 Å². The Morgan fingerprint density at radius 2 is 1.90 bits per heavy atom. The first-order chi connectivity index (χ1) is 9.56. The van der Waals surface area contributed by atoms with E-state index in [1.165, 1.54) is 12.8 Å². The quantitative estimate of drug-likeness (QED) is 0.792. The largest absolute Gasteiger partial charge is 0.352 e. The van der Waals surface area contributed by atoms with Crippen molar-refractivity contribution in [2.75, 3.05) is 18.0 Å². The number of rotatable bonds is 8. The van der Waals surface area contributed by atoms with Crippen molar-refractivity contribution in [1.29, 1.82) is 0 Å². The standard InChI is InChI=1S/C16H28N4/c1-12(2)7-17-8-14-9-19-16(10-18-14)20(11-13(3)4)15-5-6-15/h9-10,12-13,15,17H,5-8,11H2,1-4H3. The van der Waals surface area contributed by atoms with Crippen LogP contribution in [0.2, 0.25) is 0 Å². The van der Waals surface area contributed by atoms with Crippen LogP contribution in [0.4, 0.5) is 5.82 Å². The van der Waals surface area contributed by atoms with Crippen molar-refractivity contribution < 1.29 is 0 Å². The second kappa shape index (κ2) is 7.02. The molecule has 0 spiro atoms. The molecule has 2 rings (SSSR count). The van der Waals surface area contributed by atoms with Crippen LogP contribution in [0.5, 0.6) is 0 Å². The highest BCUT2D eigenvalue weighted by Gasteiger charge is 2.30. The van der Waals surface area contributed by atoms with Gasteiger partial charge >= 0.3 is 0 Å². The van der Waals surface area contributed by atoms with Crippen LogP contribution in [0.1, 0.15) is 46.2 Å². The van der Waals surface area contributed by atoms with E-state index >= 15 is 0 Å². The second-order valence-electron chi connectivity index (χ2n) is 6.67. The lowest BCUT2D eigenvalue weighted by Gasteiger charge is -2.25. The van der Waals surface area contributed by atoms with Crippen LogP contribution in [0.25, 0.3) is 0 Å². The molecule has 0 aromatic carbocycles. The van der Waals surface area contributed by atoms with Crippen LogP contribution in [0.3, 0.4) is 0 Å². The maximum absolute atomic E-state index is 4.61. The lowest BCUT2D eigenvalue weighted by atomic mass is 10.2. The van der Waals surface area contributed by atoms with E-state index < -0.39 is 0 Å². The average Bonchev–Trinajstić information content (AvgIpc) is 3.20. The molecule has 0 unspecified atom stereocenters. The van der Waals surface area contributed by atoms with Gasteiger partial charge in [0.2, 0.25) is 0 Å². The van der Waals surface area contributed by atoms with E-state index in [0.717, 1.165) is 31.1 Å². The van der Waals surface area contributed by atoms with Gasteiger partial charge in [0.1, 0.15) is 5.82 Å². The molecule has 0 radical (unpaired) electrons. The summed E-state index contributed by atoms with van der Waals surface area (Å²) in [6.07, 6.45) is 6.45. The average molecular weight is 276 g/mol. The SMILES string of the molecule is CC(C)CNCc1cnc(N(CC(C)C)C2CC2)cn1. The molecule has 1 N–H and O–H groups in total. The molecular formula is C16H28N4. The van der Waals surface area contributed by atoms with E-state index in [1.807, 2.05) is 12.4 Å². The molecule has 1 heterocycles. The molecule has 1 aromatic rings. The van der Waals surface area contributed by atoms with Gasteiger partial charge in [-0.05, 0) is 31.2 Å². The van der Waals surface area contributed by atoms with Gasteiger partial charge < -0.3 is 10.2 Å². The molecule has 0 saturated heterocycles. The molecule has 1 aliphatic carbocycles. The van der Waals surface area contributed by atoms with Crippen molar-refractivity contribution in [1.82, 2.24) is 15.3 Å². The van der Waals surface area contributed by atoms with Crippen LogP contribution in [0.15, 0.2) is 12.4 Å². The molecule has 1 aromatic heterocycles. The Balaban J connectivity index is 1.92. The maximum atomic E-state index is 4.61. The monoisotopic (exact) mass is 276 g/mol. The van der Waals surface area contributed by atoms with Gasteiger partial charge in [0.25, 0.3) is 0 Å². The molecule has 0 amide bonds. The normalized spacial score (nSPS) is 15.1. The molecule has 4 nitrogen and oxygen atoms in total. The van der Waals surface area contributed by atoms with Gasteiger partial charge in [-0.25, -0.2) is 4.98 Å². The molecule has 0 aliphatic heterocycles. The number of hydrogen-bond donors (Lipinski definition) is 1. The van der Waals surface area contributed by atoms with Crippen LogP contribution >= 0.6 is 0 Å². The summed E-state index contributed by atoms with van der Waals surface area (Å²) in [5, 5.41) is 3.40. The smallest absolute Gasteiger partial charge is 0.147 e. The van der Waals surface area contributed by atoms with E-state index in [0.29, 0.717) is 17.9 Å². The van der Waals surface area contributed by atoms with E-state index in [-0.39, 0.29) is 0 Å². The predicted molar refractivity (Wildman–Crippen MR) is 83.8 cm³/mol. The molecule has 20 heavy (non-hydrogen) atoms. The zero-order valence-electron chi connectivity index (χ0n) is 13.3. The minimum Gasteiger partial charge on any atom is -0.352 e. The first-order valence-electron chi connectivity index (χ1n) is 7.84. The zero-order valence-corrected chi connectivity index (χ0v) is 13.3. The molecule has 1 saturated carbocycles. The molecular weight excluding hydrogens is 248 g/mol. The van der Waals surface area contributed by atoms with E-state index in [2.05, 4.69) is 47.9 Å². The molecule has 1 aliphatic rings. The Labute approximate surface area is 123 Å². The molecule has 112 valence electrons. The highest BCUT2D eigenvalue weighted by atomic mass is 15.2. The number of hydrogen-bond acceptors (Lipinski definition) is 4. The van der Waals surface area contributed by atoms with Crippen LogP contribution < -0.4 is 10.2 Å². The summed E-state index contributed by atoms with van der Waals surface area (Å²) >= 11 is 0. The van der Waals surface area contributed by atoms with Crippen LogP contribution in [-0.4, -0.2) is 29.1 Å². The van der Waals surface area contributed by atoms with Crippen molar-refractivity contribution in [3.05, 3.63) is 18.1 Å². The Hall–Kier alpha value is -1.16. The zero-order chi connectivity index (χ0) is 14.5. The number of anilines is 1. The van der Waals surface area contributed by atoms with E-state index in [1.54, 1.807) is 0 Å². The van der Waals surface area contributed by atoms with Crippen molar-refractivity contribution in [2.24, 2.45) is 11.8 Å². The summed E-state index contributed by atoms with van der Waals surface area (Å²) in [5.74, 6) is 2.36. The van der Waals surface area contributed by atoms with Crippen molar-refractivity contribution in [3.8, 4) is 0 Å². The number of aromatic nitrogens is 2. The third kappa shape index (κ3) is 4.75. The molecule has 0 bridgehead atoms. The van der Waals surface area contributed by atoms with Gasteiger partial charge in [0.05, 0.1) is 18.1 Å². The Morgan fingerprint density at radius 1 is 1.15 bits per heavy atom. The van der Waals surface area contributed by atoms with Crippen molar-refractivity contribution in [2.45, 2.75) is 53.1 Å². The molecule has 0 atom stereocenters. The molecule has 1 fully saturated rings. The van der Waals surface area contributed by atoms with Gasteiger partial charge in [0, 0.05) is 19.1 Å². The van der Waals surface area contributed by atoms with Gasteiger partial charge in [-0.1, -0.05) is 27.7 Å². The fourth-order valence-electron chi connectivity index (χ4n) is 2.29. The van der Waals surface area contributed by atoms with Crippen LogP contribution in [-0.2, 0) is 6.54 Å². The lowest BCUT2D eigenvalue weighted by Crippen LogP contribution is -2.30. The lowest BCUT2D eigenvalue weighted by molar-refractivity contribution is 0.547. The van der Waals surface area contributed by atoms with E-state index in [9.17, 15) is 0 Å². The summed E-state index contributed by atoms with van der Waals surface area (Å²) in [4.78, 5) is 11.6. The third-order valence-electron chi connectivity index (χ3n) is 3.39. The highest BCUT2D eigenvalue weighted by molar-refractivity contribution is 5.39. The Kier molecular flexibility index (Phi) is 5.35. The Morgan fingerprint density at radius 3 is 2.40 bits per heavy atom. The first kappa shape index (κ1) is 15.2. The fraction of sp³-hybridized carbons (Fsp3) is 0.750. The molecule has 4 heteroatoms. The fourth-order valence-corrected chi connectivity index (χ4v) is 2.29. The minimum absolute atomic E-state index is 0.657. The third-order valence-corrected chi connectivity index (χ3v) is 3.39. The minimum atomic E-state index is 0.657. The summed E-state index contributed by atoms with van der Waals surface area (Å²) in [5.41, 5.74) is 1.02. The van der Waals surface area contributed by atoms with E-state index in [4.69, 9.17) is 0 Å². The first-order valence-corrected chi connectivity index (χ1v) is 7.84. The van der Waals surface area contributed by atoms with Crippen LogP contribution in [0, 0.1) is 11.8 Å². The predicted octanol–water partition coefficient (Wildman–Crippen LogP) is 2.85. The summed E-state index contributed by atoms with van der Waals surface area (Å²) in [6.45, 7) is 11.8. The highest BCUT2D eigenvalue weighted by Crippen LogP contribution is 2.30. The second-order valence-corrected chi connectivity index (χ2v) is 6.67. The van der Waals surface area contributed by atoms with Gasteiger partial charge in [-0.3, -0.25) is 4.98 Å². The van der Waals surface area contributed by atoms with Crippen molar-refractivity contribution in [3.63, 3.8) is 0 Å². The summed E-state index contributed by atoms with van der Waals surface area (Å²) in [6, 6.07) is 0.691. The van der Waals surface area contributed by atoms with Gasteiger partial charge in [0.15, 0.2) is 0 Å². The maximum Gasteiger partial charge on any atom is 0.147 e. The van der Waals surface area contributed by atoms with Crippen molar-refractivity contribution >= 4 is 5.82 Å². The number of nitrogens with one attached hydrogen (secondary N) is 1. The topological polar surface area (TPSA) is 41.1 Å². The summed E-state index contributed by atoms with van der Waals surface area (Å²) in [7, 11) is 0. The van der Waals surface area contributed by atoms with Gasteiger partial charge in [-0.2, -0.15) is 0 Å². The number of nitrogens with zero attached hydrogens (tertiary/aromatic N) is 3. The summed E-state index contributed by atoms with van der Waals surface area (Å²) < 4.78 is 0. The Bertz CT molecular complexity index is 395.